The van der Waals surface area contributed by atoms with E-state index in [1.165, 1.54) is 35.5 Å². The smallest absolute Gasteiger partial charge is 0.338 e. The first-order valence-corrected chi connectivity index (χ1v) is 9.96. The van der Waals surface area contributed by atoms with E-state index in [4.69, 9.17) is 15.4 Å². The number of piperidine rings is 1. The quantitative estimate of drug-likeness (QED) is 0.557. The van der Waals surface area contributed by atoms with E-state index in [2.05, 4.69) is 0 Å². The lowest BCUT2D eigenvalue weighted by Gasteiger charge is -2.25. The van der Waals surface area contributed by atoms with Crippen molar-refractivity contribution >= 4 is 27.5 Å². The maximum absolute atomic E-state index is 12.7. The molecule has 0 spiro atoms. The Bertz CT molecular complexity index is 883. The van der Waals surface area contributed by atoms with Crippen LogP contribution in [0.4, 0.5) is 0 Å². The Labute approximate surface area is 158 Å². The van der Waals surface area contributed by atoms with Gasteiger partial charge in [0, 0.05) is 18.8 Å². The molecule has 27 heavy (non-hydrogen) atoms. The third-order valence-corrected chi connectivity index (χ3v) is 6.15. The fraction of sp³-hybridized carbons (Fsp3) is 0.444. The molecule has 1 aromatic carbocycles. The van der Waals surface area contributed by atoms with E-state index < -0.39 is 34.3 Å². The fourth-order valence-corrected chi connectivity index (χ4v) is 4.31. The first-order valence-electron chi connectivity index (χ1n) is 8.52. The van der Waals surface area contributed by atoms with Crippen LogP contribution in [0, 0.1) is 22.7 Å². The second-order valence-electron chi connectivity index (χ2n) is 6.28. The Morgan fingerprint density at radius 1 is 1.30 bits per heavy atom. The van der Waals surface area contributed by atoms with Crippen molar-refractivity contribution in [1.82, 2.24) is 4.31 Å². The van der Waals surface area contributed by atoms with Crippen molar-refractivity contribution in [2.75, 3.05) is 19.7 Å². The average Bonchev–Trinajstić information content (AvgIpc) is 2.67. The standard InChI is InChI=1S/C18H21N3O5S/c1-13(20)16(11-19)17(22)12-26-18(23)14-6-5-7-15(10-14)27(24,25)21-8-3-2-4-9-21/h5-7,10,16,20H,2-4,8-9,12H2,1H3. The summed E-state index contributed by atoms with van der Waals surface area (Å²) in [6, 6.07) is 7.15. The van der Waals surface area contributed by atoms with E-state index in [0.717, 1.165) is 19.3 Å². The zero-order valence-corrected chi connectivity index (χ0v) is 15.8. The van der Waals surface area contributed by atoms with E-state index >= 15 is 0 Å². The monoisotopic (exact) mass is 391 g/mol. The maximum Gasteiger partial charge on any atom is 0.338 e. The molecule has 1 aromatic rings. The van der Waals surface area contributed by atoms with Crippen LogP contribution in [-0.2, 0) is 19.6 Å². The van der Waals surface area contributed by atoms with Gasteiger partial charge < -0.3 is 10.1 Å². The second-order valence-corrected chi connectivity index (χ2v) is 8.22. The molecule has 1 heterocycles. The van der Waals surface area contributed by atoms with Gasteiger partial charge in [-0.3, -0.25) is 4.79 Å². The molecule has 0 radical (unpaired) electrons. The molecular formula is C18H21N3O5S. The van der Waals surface area contributed by atoms with Crippen LogP contribution in [0.2, 0.25) is 0 Å². The first kappa shape index (κ1) is 20.7. The molecule has 0 aromatic heterocycles. The molecule has 144 valence electrons. The molecule has 8 nitrogen and oxygen atoms in total. The number of hydrogen-bond donors (Lipinski definition) is 1. The highest BCUT2D eigenvalue weighted by atomic mass is 32.2. The van der Waals surface area contributed by atoms with Crippen molar-refractivity contribution in [2.24, 2.45) is 5.92 Å². The van der Waals surface area contributed by atoms with Crippen molar-refractivity contribution in [2.45, 2.75) is 31.1 Å². The van der Waals surface area contributed by atoms with Crippen molar-refractivity contribution in [3.8, 4) is 6.07 Å². The van der Waals surface area contributed by atoms with Gasteiger partial charge in [0.05, 0.1) is 16.5 Å². The largest absolute Gasteiger partial charge is 0.454 e. The molecule has 1 saturated heterocycles. The molecule has 1 fully saturated rings. The zero-order valence-electron chi connectivity index (χ0n) is 15.0. The number of carbonyl (C=O) groups is 2. The molecule has 0 aliphatic carbocycles. The molecule has 9 heteroatoms. The van der Waals surface area contributed by atoms with E-state index in [1.54, 1.807) is 6.07 Å². The van der Waals surface area contributed by atoms with Gasteiger partial charge in [0.2, 0.25) is 10.0 Å². The highest BCUT2D eigenvalue weighted by molar-refractivity contribution is 7.89. The molecule has 1 unspecified atom stereocenters. The van der Waals surface area contributed by atoms with Crippen molar-refractivity contribution < 1.29 is 22.7 Å². The van der Waals surface area contributed by atoms with Crippen LogP contribution < -0.4 is 0 Å². The zero-order chi connectivity index (χ0) is 20.0. The Morgan fingerprint density at radius 2 is 1.96 bits per heavy atom. The van der Waals surface area contributed by atoms with Gasteiger partial charge in [-0.25, -0.2) is 13.2 Å². The van der Waals surface area contributed by atoms with Crippen molar-refractivity contribution in [3.63, 3.8) is 0 Å². The van der Waals surface area contributed by atoms with Crippen LogP contribution >= 0.6 is 0 Å². The molecule has 1 aliphatic heterocycles. The molecule has 2 rings (SSSR count). The van der Waals surface area contributed by atoms with Crippen LogP contribution in [0.1, 0.15) is 36.5 Å². The molecule has 0 bridgehead atoms. The summed E-state index contributed by atoms with van der Waals surface area (Å²) >= 11 is 0. The minimum absolute atomic E-state index is 0.000895. The second kappa shape index (κ2) is 8.88. The van der Waals surface area contributed by atoms with Crippen LogP contribution in [0.15, 0.2) is 29.2 Å². The molecular weight excluding hydrogens is 370 g/mol. The van der Waals surface area contributed by atoms with Gasteiger partial charge in [0.25, 0.3) is 0 Å². The van der Waals surface area contributed by atoms with Crippen LogP contribution in [0.5, 0.6) is 0 Å². The Hall–Kier alpha value is -2.57. The number of nitriles is 1. The summed E-state index contributed by atoms with van der Waals surface area (Å²) in [5.74, 6) is -2.82. The Balaban J connectivity index is 2.10. The van der Waals surface area contributed by atoms with Crippen LogP contribution in [0.3, 0.4) is 0 Å². The minimum Gasteiger partial charge on any atom is -0.454 e. The number of benzene rings is 1. The van der Waals surface area contributed by atoms with Gasteiger partial charge in [-0.1, -0.05) is 12.5 Å². The SMILES string of the molecule is CC(=N)C(C#N)C(=O)COC(=O)c1cccc(S(=O)(=O)N2CCCCC2)c1. The number of hydrogen-bond acceptors (Lipinski definition) is 7. The van der Waals surface area contributed by atoms with Gasteiger partial charge in [-0.05, 0) is 38.0 Å². The third kappa shape index (κ3) is 4.99. The summed E-state index contributed by atoms with van der Waals surface area (Å²) in [4.78, 5) is 24.0. The number of ether oxygens (including phenoxy) is 1. The predicted molar refractivity (Wildman–Crippen MR) is 96.8 cm³/mol. The highest BCUT2D eigenvalue weighted by Gasteiger charge is 2.27. The highest BCUT2D eigenvalue weighted by Crippen LogP contribution is 2.21. The Kier molecular flexibility index (Phi) is 6.82. The van der Waals surface area contributed by atoms with E-state index in [9.17, 15) is 18.0 Å². The molecule has 1 N–H and O–H groups in total. The molecule has 1 aliphatic rings. The van der Waals surface area contributed by atoms with Gasteiger partial charge in [0.1, 0.15) is 5.92 Å². The normalized spacial score (nSPS) is 16.1. The van der Waals surface area contributed by atoms with E-state index in [1.807, 2.05) is 0 Å². The third-order valence-electron chi connectivity index (χ3n) is 4.25. The lowest BCUT2D eigenvalue weighted by atomic mass is 10.0. The summed E-state index contributed by atoms with van der Waals surface area (Å²) < 4.78 is 31.7. The molecule has 1 atom stereocenters. The Morgan fingerprint density at radius 3 is 2.56 bits per heavy atom. The summed E-state index contributed by atoms with van der Waals surface area (Å²) in [5.41, 5.74) is -0.130. The number of carbonyl (C=O) groups excluding carboxylic acids is 2. The molecule has 0 amide bonds. The lowest BCUT2D eigenvalue weighted by molar-refractivity contribution is -0.122. The minimum atomic E-state index is -3.69. The number of nitrogens with zero attached hydrogens (tertiary/aromatic N) is 2. The molecule has 0 saturated carbocycles. The summed E-state index contributed by atoms with van der Waals surface area (Å²) in [6.45, 7) is 1.56. The topological polar surface area (TPSA) is 128 Å². The number of nitrogens with one attached hydrogen (secondary N) is 1. The summed E-state index contributed by atoms with van der Waals surface area (Å²) in [5, 5.41) is 16.2. The number of sulfonamides is 1. The lowest BCUT2D eigenvalue weighted by Crippen LogP contribution is -2.35. The maximum atomic E-state index is 12.7. The van der Waals surface area contributed by atoms with E-state index in [-0.39, 0.29) is 16.2 Å². The predicted octanol–water partition coefficient (Wildman–Crippen LogP) is 1.77. The van der Waals surface area contributed by atoms with E-state index in [0.29, 0.717) is 13.1 Å². The van der Waals surface area contributed by atoms with Gasteiger partial charge in [-0.2, -0.15) is 9.57 Å². The van der Waals surface area contributed by atoms with Gasteiger partial charge in [-0.15, -0.1) is 0 Å². The summed E-state index contributed by atoms with van der Waals surface area (Å²) in [7, 11) is -3.69. The number of rotatable bonds is 7. The number of ketones is 1. The van der Waals surface area contributed by atoms with Crippen molar-refractivity contribution in [1.29, 1.82) is 10.7 Å². The average molecular weight is 391 g/mol. The number of esters is 1. The van der Waals surface area contributed by atoms with Crippen molar-refractivity contribution in [3.05, 3.63) is 29.8 Å². The van der Waals surface area contributed by atoms with Crippen LogP contribution in [-0.4, -0.2) is 49.9 Å². The van der Waals surface area contributed by atoms with Gasteiger partial charge >= 0.3 is 5.97 Å². The van der Waals surface area contributed by atoms with Crippen LogP contribution in [0.25, 0.3) is 0 Å². The fourth-order valence-electron chi connectivity index (χ4n) is 2.75. The summed E-state index contributed by atoms with van der Waals surface area (Å²) in [6.07, 6.45) is 2.59. The van der Waals surface area contributed by atoms with Gasteiger partial charge in [0.15, 0.2) is 12.4 Å². The number of Topliss-reactive ketones (excluding diaryl/α,β-unsaturated/α-hetero) is 1. The first-order chi connectivity index (χ1) is 12.8.